The van der Waals surface area contributed by atoms with Gasteiger partial charge in [-0.05, 0) is 51.5 Å². The van der Waals surface area contributed by atoms with Crippen LogP contribution in [0.3, 0.4) is 0 Å². The Hall–Kier alpha value is -1.36. The van der Waals surface area contributed by atoms with E-state index in [1.54, 1.807) is 32.9 Å². The summed E-state index contributed by atoms with van der Waals surface area (Å²) in [6, 6.07) is 5.26. The third-order valence-corrected chi connectivity index (χ3v) is 2.61. The lowest BCUT2D eigenvalue weighted by atomic mass is 9.98. The fourth-order valence-electron chi connectivity index (χ4n) is 1.17. The van der Waals surface area contributed by atoms with Crippen LogP contribution in [-0.4, -0.2) is 11.9 Å². The number of hydrogen-bond donors (Lipinski definition) is 1. The van der Waals surface area contributed by atoms with Crippen molar-refractivity contribution >= 4 is 27.8 Å². The minimum Gasteiger partial charge on any atom is -0.340 e. The molecule has 0 unspecified atom stereocenters. The van der Waals surface area contributed by atoms with Gasteiger partial charge in [0, 0.05) is 10.0 Å². The zero-order valence-corrected chi connectivity index (χ0v) is 12.4. The van der Waals surface area contributed by atoms with Gasteiger partial charge in [-0.25, -0.2) is 4.79 Å². The Balaban J connectivity index is 2.69. The SMILES string of the molecule is Cc1cc(Br)cc(C(=O)NOC(=O)C(C)(C)C)c1. The Labute approximate surface area is 115 Å². The molecule has 4 nitrogen and oxygen atoms in total. The van der Waals surface area contributed by atoms with Gasteiger partial charge >= 0.3 is 5.97 Å². The molecule has 0 aliphatic carbocycles. The van der Waals surface area contributed by atoms with Crippen molar-refractivity contribution in [3.63, 3.8) is 0 Å². The third-order valence-electron chi connectivity index (χ3n) is 2.15. The molecule has 0 fully saturated rings. The molecule has 0 bridgehead atoms. The molecule has 0 aromatic heterocycles. The van der Waals surface area contributed by atoms with E-state index >= 15 is 0 Å². The van der Waals surface area contributed by atoms with Gasteiger partial charge in [-0.1, -0.05) is 15.9 Å². The lowest BCUT2D eigenvalue weighted by molar-refractivity contribution is -0.158. The third kappa shape index (κ3) is 4.14. The molecule has 1 aromatic rings. The van der Waals surface area contributed by atoms with E-state index in [1.165, 1.54) is 0 Å². The number of halogens is 1. The summed E-state index contributed by atoms with van der Waals surface area (Å²) in [6.07, 6.45) is 0. The zero-order chi connectivity index (χ0) is 13.9. The Morgan fingerprint density at radius 3 is 2.33 bits per heavy atom. The van der Waals surface area contributed by atoms with Gasteiger partial charge in [0.1, 0.15) is 0 Å². The van der Waals surface area contributed by atoms with E-state index in [0.717, 1.165) is 10.0 Å². The Bertz CT molecular complexity index is 457. The zero-order valence-electron chi connectivity index (χ0n) is 10.8. The van der Waals surface area contributed by atoms with Crippen LogP contribution in [-0.2, 0) is 9.63 Å². The van der Waals surface area contributed by atoms with Gasteiger partial charge in [0.25, 0.3) is 5.91 Å². The van der Waals surface area contributed by atoms with Crippen LogP contribution in [0.5, 0.6) is 0 Å². The first-order valence-corrected chi connectivity index (χ1v) is 6.28. The highest BCUT2D eigenvalue weighted by Gasteiger charge is 2.24. The Kier molecular flexibility index (Phi) is 4.51. The monoisotopic (exact) mass is 313 g/mol. The van der Waals surface area contributed by atoms with Crippen molar-refractivity contribution in [2.75, 3.05) is 0 Å². The molecule has 0 atom stereocenters. The molecule has 18 heavy (non-hydrogen) atoms. The van der Waals surface area contributed by atoms with E-state index in [-0.39, 0.29) is 0 Å². The molecule has 1 N–H and O–H groups in total. The largest absolute Gasteiger partial charge is 0.340 e. The molecule has 98 valence electrons. The van der Waals surface area contributed by atoms with Crippen molar-refractivity contribution in [2.24, 2.45) is 5.41 Å². The Morgan fingerprint density at radius 2 is 1.83 bits per heavy atom. The van der Waals surface area contributed by atoms with Gasteiger partial charge in [-0.3, -0.25) is 4.79 Å². The molecule has 0 aliphatic rings. The average molecular weight is 314 g/mol. The molecule has 0 radical (unpaired) electrons. The highest BCUT2D eigenvalue weighted by molar-refractivity contribution is 9.10. The number of rotatable bonds is 1. The van der Waals surface area contributed by atoms with Gasteiger partial charge in [-0.15, -0.1) is 0 Å². The number of hydroxylamine groups is 1. The maximum Gasteiger partial charge on any atom is 0.337 e. The highest BCUT2D eigenvalue weighted by Crippen LogP contribution is 2.16. The second kappa shape index (κ2) is 5.52. The lowest BCUT2D eigenvalue weighted by Gasteiger charge is -2.16. The molecule has 1 amide bonds. The first-order chi connectivity index (χ1) is 8.20. The van der Waals surface area contributed by atoms with Crippen LogP contribution in [0.15, 0.2) is 22.7 Å². The second-order valence-electron chi connectivity index (χ2n) is 5.09. The average Bonchev–Trinajstić information content (AvgIpc) is 2.22. The minimum atomic E-state index is -0.652. The maximum absolute atomic E-state index is 11.8. The minimum absolute atomic E-state index is 0.434. The maximum atomic E-state index is 11.8. The summed E-state index contributed by atoms with van der Waals surface area (Å²) in [5.41, 5.74) is 2.87. The Morgan fingerprint density at radius 1 is 1.22 bits per heavy atom. The number of nitrogens with one attached hydrogen (secondary N) is 1. The standard InChI is InChI=1S/C13H16BrNO3/c1-8-5-9(7-10(14)6-8)11(16)15-18-12(17)13(2,3)4/h5-7H,1-4H3,(H,15,16). The first-order valence-electron chi connectivity index (χ1n) is 5.49. The summed E-state index contributed by atoms with van der Waals surface area (Å²) in [4.78, 5) is 28.0. The summed E-state index contributed by atoms with van der Waals surface area (Å²) in [5.74, 6) is -0.931. The summed E-state index contributed by atoms with van der Waals surface area (Å²) in [6.45, 7) is 7.02. The number of carbonyl (C=O) groups excluding carboxylic acids is 2. The van der Waals surface area contributed by atoms with Gasteiger partial charge in [0.2, 0.25) is 0 Å². The fraction of sp³-hybridized carbons (Fsp3) is 0.385. The lowest BCUT2D eigenvalue weighted by Crippen LogP contribution is -2.33. The molecule has 5 heteroatoms. The van der Waals surface area contributed by atoms with Gasteiger partial charge in [-0.2, -0.15) is 5.48 Å². The second-order valence-corrected chi connectivity index (χ2v) is 6.00. The van der Waals surface area contributed by atoms with Crippen LogP contribution in [0.2, 0.25) is 0 Å². The van der Waals surface area contributed by atoms with Crippen molar-refractivity contribution in [3.05, 3.63) is 33.8 Å². The van der Waals surface area contributed by atoms with Crippen LogP contribution in [0.4, 0.5) is 0 Å². The van der Waals surface area contributed by atoms with Crippen LogP contribution < -0.4 is 5.48 Å². The van der Waals surface area contributed by atoms with E-state index in [1.807, 2.05) is 13.0 Å². The molecule has 0 aliphatic heterocycles. The first kappa shape index (κ1) is 14.7. The number of aryl methyl sites for hydroxylation is 1. The fourth-order valence-corrected chi connectivity index (χ4v) is 1.78. The van der Waals surface area contributed by atoms with Crippen LogP contribution in [0.25, 0.3) is 0 Å². The van der Waals surface area contributed by atoms with Gasteiger partial charge < -0.3 is 4.84 Å². The summed E-state index contributed by atoms with van der Waals surface area (Å²) in [7, 11) is 0. The summed E-state index contributed by atoms with van der Waals surface area (Å²) < 4.78 is 0.801. The molecule has 0 heterocycles. The molecule has 0 saturated heterocycles. The summed E-state index contributed by atoms with van der Waals surface area (Å²) >= 11 is 3.31. The van der Waals surface area contributed by atoms with Crippen molar-refractivity contribution in [3.8, 4) is 0 Å². The molecule has 0 spiro atoms. The van der Waals surface area contributed by atoms with Crippen molar-refractivity contribution in [1.29, 1.82) is 0 Å². The van der Waals surface area contributed by atoms with Crippen molar-refractivity contribution < 1.29 is 14.4 Å². The van der Waals surface area contributed by atoms with E-state index < -0.39 is 17.3 Å². The number of benzene rings is 1. The number of amides is 1. The predicted octanol–water partition coefficient (Wildman–Crippen LogP) is 2.99. The van der Waals surface area contributed by atoms with Crippen molar-refractivity contribution in [1.82, 2.24) is 5.48 Å². The van der Waals surface area contributed by atoms with Crippen LogP contribution >= 0.6 is 15.9 Å². The van der Waals surface area contributed by atoms with E-state index in [9.17, 15) is 9.59 Å². The molecule has 0 saturated carbocycles. The normalized spacial score (nSPS) is 10.9. The van der Waals surface area contributed by atoms with E-state index in [4.69, 9.17) is 4.84 Å². The quantitative estimate of drug-likeness (QED) is 0.811. The van der Waals surface area contributed by atoms with E-state index in [0.29, 0.717) is 5.56 Å². The molecule has 1 aromatic carbocycles. The number of carbonyl (C=O) groups is 2. The predicted molar refractivity (Wildman–Crippen MR) is 71.9 cm³/mol. The van der Waals surface area contributed by atoms with Crippen LogP contribution in [0.1, 0.15) is 36.7 Å². The number of hydrogen-bond acceptors (Lipinski definition) is 3. The molecular formula is C13H16BrNO3. The molecule has 1 rings (SSSR count). The topological polar surface area (TPSA) is 55.4 Å². The highest BCUT2D eigenvalue weighted by atomic mass is 79.9. The van der Waals surface area contributed by atoms with Crippen molar-refractivity contribution in [2.45, 2.75) is 27.7 Å². The van der Waals surface area contributed by atoms with Crippen LogP contribution in [0, 0.1) is 12.3 Å². The molecular weight excluding hydrogens is 298 g/mol. The van der Waals surface area contributed by atoms with E-state index in [2.05, 4.69) is 21.4 Å². The van der Waals surface area contributed by atoms with Gasteiger partial charge in [0.15, 0.2) is 0 Å². The smallest absolute Gasteiger partial charge is 0.337 e. The van der Waals surface area contributed by atoms with Gasteiger partial charge in [0.05, 0.1) is 5.41 Å². The summed E-state index contributed by atoms with van der Waals surface area (Å²) in [5, 5.41) is 0.